The summed E-state index contributed by atoms with van der Waals surface area (Å²) in [6.07, 6.45) is 11.8. The van der Waals surface area contributed by atoms with Gasteiger partial charge in [-0.2, -0.15) is 5.10 Å². The quantitative estimate of drug-likeness (QED) is 0.122. The van der Waals surface area contributed by atoms with Gasteiger partial charge in [-0.05, 0) is 106 Å². The van der Waals surface area contributed by atoms with Crippen LogP contribution in [0, 0.1) is 11.2 Å². The van der Waals surface area contributed by atoms with Gasteiger partial charge >= 0.3 is 0 Å². The molecule has 0 aliphatic carbocycles. The summed E-state index contributed by atoms with van der Waals surface area (Å²) in [6, 6.07) is 9.00. The molecule has 9 heteroatoms. The molecule has 0 aliphatic rings. The van der Waals surface area contributed by atoms with Crippen LogP contribution >= 0.6 is 0 Å². The summed E-state index contributed by atoms with van der Waals surface area (Å²) in [4.78, 5) is 19.8. The smallest absolute Gasteiger partial charge is 0.159 e. The fourth-order valence-corrected chi connectivity index (χ4v) is 5.55. The van der Waals surface area contributed by atoms with E-state index in [2.05, 4.69) is 64.3 Å². The van der Waals surface area contributed by atoms with E-state index in [-0.39, 0.29) is 11.2 Å². The summed E-state index contributed by atoms with van der Waals surface area (Å²) in [5, 5.41) is 11.9. The standard InChI is InChI=1S/C37H43FN8/c1-9-25(19-28(10-2)41-23(3)21-37(4,5)6)31-20-29-32(22-40-31)44-45-34(29)36-42-30-13-14-39-33(35(30)43-36)26-16-24(17-27(38)18-26)12-11-15-46(7)8/h9-10,13-14,16-20,22,41H,2-3,11-12,15,21H2,1,4-8H3,(H,42,43)(H,44,45)/b25-9+,28-19+. The summed E-state index contributed by atoms with van der Waals surface area (Å²) in [6.45, 7) is 17.6. The van der Waals surface area contributed by atoms with Crippen molar-refractivity contribution in [3.63, 3.8) is 0 Å². The number of hydrogen-bond acceptors (Lipinski definition) is 6. The molecule has 0 saturated carbocycles. The first-order valence-electron chi connectivity index (χ1n) is 15.5. The second-order valence-electron chi connectivity index (χ2n) is 13.1. The van der Waals surface area contributed by atoms with Crippen molar-refractivity contribution in [3.05, 3.63) is 103 Å². The summed E-state index contributed by atoms with van der Waals surface area (Å²) < 4.78 is 14.8. The van der Waals surface area contributed by atoms with Crippen molar-refractivity contribution in [1.82, 2.24) is 40.3 Å². The Hall–Kier alpha value is -4.89. The SMILES string of the molecule is C=C/C(=C\C(=C/C)c1cc2c(-c3nc4c(-c5cc(F)cc(CCCN(C)C)c5)nccc4[nH]3)n[nH]c2cn1)NC(=C)CC(C)(C)C. The lowest BCUT2D eigenvalue weighted by Crippen LogP contribution is -2.16. The van der Waals surface area contributed by atoms with Crippen molar-refractivity contribution >= 4 is 27.5 Å². The average Bonchev–Trinajstić information content (AvgIpc) is 3.61. The van der Waals surface area contributed by atoms with Gasteiger partial charge in [0.25, 0.3) is 0 Å². The van der Waals surface area contributed by atoms with E-state index in [0.717, 1.165) is 70.5 Å². The molecule has 4 heterocycles. The third kappa shape index (κ3) is 7.66. The molecule has 238 valence electrons. The zero-order valence-electron chi connectivity index (χ0n) is 27.6. The number of halogens is 1. The van der Waals surface area contributed by atoms with E-state index in [1.807, 2.05) is 51.4 Å². The van der Waals surface area contributed by atoms with Crippen LogP contribution in [0.1, 0.15) is 51.8 Å². The molecule has 0 radical (unpaired) electrons. The van der Waals surface area contributed by atoms with E-state index >= 15 is 0 Å². The number of aromatic amines is 2. The highest BCUT2D eigenvalue weighted by molar-refractivity contribution is 5.96. The van der Waals surface area contributed by atoms with Gasteiger partial charge in [-0.15, -0.1) is 0 Å². The van der Waals surface area contributed by atoms with Gasteiger partial charge in [-0.1, -0.05) is 40.0 Å². The minimum atomic E-state index is -0.285. The van der Waals surface area contributed by atoms with Crippen molar-refractivity contribution in [1.29, 1.82) is 0 Å². The Bertz CT molecular complexity index is 1950. The van der Waals surface area contributed by atoms with E-state index in [9.17, 15) is 4.39 Å². The van der Waals surface area contributed by atoms with Crippen molar-refractivity contribution in [2.45, 2.75) is 47.0 Å². The molecule has 0 saturated heterocycles. The minimum absolute atomic E-state index is 0.115. The van der Waals surface area contributed by atoms with E-state index in [1.165, 1.54) is 6.07 Å². The van der Waals surface area contributed by atoms with Crippen LogP contribution in [0.5, 0.6) is 0 Å². The van der Waals surface area contributed by atoms with Crippen molar-refractivity contribution in [2.75, 3.05) is 20.6 Å². The van der Waals surface area contributed by atoms with Gasteiger partial charge in [0.2, 0.25) is 0 Å². The molecule has 0 fully saturated rings. The molecule has 0 aliphatic heterocycles. The normalized spacial score (nSPS) is 12.8. The van der Waals surface area contributed by atoms with Crippen LogP contribution in [0.15, 0.2) is 85.5 Å². The summed E-state index contributed by atoms with van der Waals surface area (Å²) in [5.74, 6) is 0.298. The van der Waals surface area contributed by atoms with Crippen LogP contribution in [0.2, 0.25) is 0 Å². The highest BCUT2D eigenvalue weighted by Gasteiger charge is 2.18. The molecule has 46 heavy (non-hydrogen) atoms. The third-order valence-electron chi connectivity index (χ3n) is 7.58. The summed E-state index contributed by atoms with van der Waals surface area (Å²) in [5.41, 5.74) is 8.71. The predicted octanol–water partition coefficient (Wildman–Crippen LogP) is 8.21. The zero-order chi connectivity index (χ0) is 33.0. The number of H-pyrrole nitrogens is 2. The lowest BCUT2D eigenvalue weighted by Gasteiger charge is -2.21. The molecular formula is C37H43FN8. The predicted molar refractivity (Wildman–Crippen MR) is 187 cm³/mol. The zero-order valence-corrected chi connectivity index (χ0v) is 27.6. The Kier molecular flexibility index (Phi) is 9.63. The molecule has 0 amide bonds. The number of imidazole rings is 1. The van der Waals surface area contributed by atoms with Gasteiger partial charge in [0.15, 0.2) is 5.82 Å². The highest BCUT2D eigenvalue weighted by atomic mass is 19.1. The summed E-state index contributed by atoms with van der Waals surface area (Å²) in [7, 11) is 4.08. The van der Waals surface area contributed by atoms with Gasteiger partial charge in [0.1, 0.15) is 17.0 Å². The molecule has 0 bridgehead atoms. The van der Waals surface area contributed by atoms with Crippen LogP contribution in [-0.4, -0.2) is 55.7 Å². The van der Waals surface area contributed by atoms with E-state index in [4.69, 9.17) is 9.97 Å². The van der Waals surface area contributed by atoms with Crippen LogP contribution < -0.4 is 5.32 Å². The molecule has 0 unspecified atom stereocenters. The number of nitrogens with one attached hydrogen (secondary N) is 3. The third-order valence-corrected chi connectivity index (χ3v) is 7.58. The maximum Gasteiger partial charge on any atom is 0.159 e. The van der Waals surface area contributed by atoms with E-state index in [1.54, 1.807) is 24.5 Å². The van der Waals surface area contributed by atoms with Gasteiger partial charge in [-0.3, -0.25) is 15.1 Å². The second-order valence-corrected chi connectivity index (χ2v) is 13.1. The van der Waals surface area contributed by atoms with Crippen LogP contribution in [0.4, 0.5) is 4.39 Å². The molecule has 4 aromatic heterocycles. The maximum absolute atomic E-state index is 14.8. The number of rotatable bonds is 12. The first kappa shape index (κ1) is 32.5. The van der Waals surface area contributed by atoms with Gasteiger partial charge in [-0.25, -0.2) is 9.37 Å². The fraction of sp³-hybridized carbons (Fsp3) is 0.297. The number of allylic oxidation sites excluding steroid dienone is 5. The van der Waals surface area contributed by atoms with Crippen molar-refractivity contribution < 1.29 is 4.39 Å². The monoisotopic (exact) mass is 618 g/mol. The lowest BCUT2D eigenvalue weighted by molar-refractivity contribution is 0.400. The van der Waals surface area contributed by atoms with Crippen LogP contribution in [0.3, 0.4) is 0 Å². The molecule has 0 spiro atoms. The van der Waals surface area contributed by atoms with Crippen LogP contribution in [0.25, 0.3) is 50.3 Å². The van der Waals surface area contributed by atoms with Gasteiger partial charge < -0.3 is 15.2 Å². The number of fused-ring (bicyclic) bond motifs is 2. The Balaban J connectivity index is 1.48. The molecule has 5 aromatic rings. The molecule has 8 nitrogen and oxygen atoms in total. The molecule has 0 atom stereocenters. The van der Waals surface area contributed by atoms with Gasteiger partial charge in [0.05, 0.1) is 28.6 Å². The first-order chi connectivity index (χ1) is 21.9. The second kappa shape index (κ2) is 13.6. The van der Waals surface area contributed by atoms with Gasteiger partial charge in [0, 0.05) is 28.5 Å². The van der Waals surface area contributed by atoms with Crippen molar-refractivity contribution in [3.8, 4) is 22.8 Å². The largest absolute Gasteiger partial charge is 0.359 e. The average molecular weight is 619 g/mol. The minimum Gasteiger partial charge on any atom is -0.359 e. The first-order valence-corrected chi connectivity index (χ1v) is 15.5. The Morgan fingerprint density at radius 3 is 2.61 bits per heavy atom. The molecular weight excluding hydrogens is 575 g/mol. The molecule has 5 rings (SSSR count). The maximum atomic E-state index is 14.8. The number of hydrogen-bond donors (Lipinski definition) is 3. The van der Waals surface area contributed by atoms with E-state index in [0.29, 0.717) is 28.3 Å². The fourth-order valence-electron chi connectivity index (χ4n) is 5.55. The van der Waals surface area contributed by atoms with Crippen LogP contribution in [-0.2, 0) is 6.42 Å². The number of aromatic nitrogens is 6. The molecule has 3 N–H and O–H groups in total. The Labute approximate surface area is 270 Å². The lowest BCUT2D eigenvalue weighted by atomic mass is 9.91. The van der Waals surface area contributed by atoms with Crippen molar-refractivity contribution in [2.24, 2.45) is 5.41 Å². The summed E-state index contributed by atoms with van der Waals surface area (Å²) >= 11 is 0. The number of benzene rings is 1. The number of nitrogens with zero attached hydrogens (tertiary/aromatic N) is 5. The topological polar surface area (TPSA) is 98.4 Å². The van der Waals surface area contributed by atoms with E-state index < -0.39 is 0 Å². The number of aryl methyl sites for hydroxylation is 1. The highest BCUT2D eigenvalue weighted by Crippen LogP contribution is 2.32. The number of pyridine rings is 2. The Morgan fingerprint density at radius 2 is 1.89 bits per heavy atom. The molecule has 1 aromatic carbocycles. The Morgan fingerprint density at radius 1 is 1.09 bits per heavy atom.